The molecule has 0 saturated carbocycles. The third kappa shape index (κ3) is 4.98. The lowest BCUT2D eigenvalue weighted by atomic mass is 9.99. The summed E-state index contributed by atoms with van der Waals surface area (Å²) in [5, 5.41) is 2.41. The second kappa shape index (κ2) is 8.82. The molecule has 0 aliphatic rings. The average Bonchev–Trinajstić information content (AvgIpc) is 2.74. The fourth-order valence-corrected chi connectivity index (χ4v) is 4.30. The van der Waals surface area contributed by atoms with Crippen LogP contribution in [0.5, 0.6) is 0 Å². The van der Waals surface area contributed by atoms with Crippen LogP contribution in [0.4, 0.5) is 13.2 Å². The molecule has 0 unspecified atom stereocenters. The van der Waals surface area contributed by atoms with E-state index in [-0.39, 0.29) is 10.5 Å². The summed E-state index contributed by atoms with van der Waals surface area (Å²) in [6.07, 6.45) is -5.10. The van der Waals surface area contributed by atoms with Crippen LogP contribution in [0.15, 0.2) is 89.8 Å². The van der Waals surface area contributed by atoms with Gasteiger partial charge in [-0.2, -0.15) is 21.6 Å². The zero-order valence-corrected chi connectivity index (χ0v) is 17.7. The maximum atomic E-state index is 14.6. The zero-order chi connectivity index (χ0) is 22.7. The first kappa shape index (κ1) is 23.0. The Morgan fingerprint density at radius 1 is 0.839 bits per heavy atom. The van der Waals surface area contributed by atoms with Crippen molar-refractivity contribution in [2.75, 3.05) is 0 Å². The molecule has 2 atom stereocenters. The third-order valence-electron chi connectivity index (χ3n) is 4.84. The number of rotatable bonds is 7. The third-order valence-corrected chi connectivity index (χ3v) is 6.16. The predicted molar refractivity (Wildman–Crippen MR) is 112 cm³/mol. The Morgan fingerprint density at radius 2 is 1.35 bits per heavy atom. The molecule has 164 valence electrons. The fraction of sp³-hybridized carbons (Fsp3) is 0.217. The molecular weight excluding hydrogens is 427 g/mol. The largest absolute Gasteiger partial charge is 0.437 e. The molecule has 0 amide bonds. The Labute approximate surface area is 179 Å². The van der Waals surface area contributed by atoms with E-state index in [1.165, 1.54) is 55.5 Å². The van der Waals surface area contributed by atoms with Gasteiger partial charge in [-0.3, -0.25) is 5.32 Å². The normalized spacial score (nSPS) is 15.3. The van der Waals surface area contributed by atoms with Crippen LogP contribution in [0, 0.1) is 6.92 Å². The minimum absolute atomic E-state index is 0.364. The van der Waals surface area contributed by atoms with Crippen molar-refractivity contribution in [3.8, 4) is 0 Å². The van der Waals surface area contributed by atoms with E-state index >= 15 is 0 Å². The van der Waals surface area contributed by atoms with Crippen LogP contribution in [-0.2, 0) is 20.0 Å². The molecule has 0 heterocycles. The van der Waals surface area contributed by atoms with Gasteiger partial charge in [0.2, 0.25) is 0 Å². The second-order valence-electron chi connectivity index (χ2n) is 7.17. The summed E-state index contributed by atoms with van der Waals surface area (Å²) in [4.78, 5) is -0.364. The van der Waals surface area contributed by atoms with E-state index in [4.69, 9.17) is 4.18 Å². The van der Waals surface area contributed by atoms with Crippen molar-refractivity contribution in [2.24, 2.45) is 0 Å². The van der Waals surface area contributed by atoms with E-state index in [9.17, 15) is 21.6 Å². The molecule has 0 fully saturated rings. The van der Waals surface area contributed by atoms with Crippen molar-refractivity contribution < 1.29 is 25.8 Å². The van der Waals surface area contributed by atoms with Crippen LogP contribution in [0.1, 0.15) is 29.7 Å². The highest BCUT2D eigenvalue weighted by molar-refractivity contribution is 7.86. The Kier molecular flexibility index (Phi) is 6.54. The number of alkyl halides is 3. The highest BCUT2D eigenvalue weighted by atomic mass is 32.2. The quantitative estimate of drug-likeness (QED) is 0.384. The Balaban J connectivity index is 2.14. The maximum absolute atomic E-state index is 14.6. The van der Waals surface area contributed by atoms with Crippen LogP contribution in [0.25, 0.3) is 0 Å². The van der Waals surface area contributed by atoms with Gasteiger partial charge in [-0.05, 0) is 31.5 Å². The van der Waals surface area contributed by atoms with E-state index in [1.807, 2.05) is 0 Å². The summed E-state index contributed by atoms with van der Waals surface area (Å²) in [6.45, 7) is 3.25. The molecule has 0 radical (unpaired) electrons. The number of benzene rings is 3. The number of hydrogen-bond donors (Lipinski definition) is 1. The molecule has 0 aliphatic heterocycles. The Bertz CT molecular complexity index is 1100. The van der Waals surface area contributed by atoms with E-state index in [0.29, 0.717) is 5.56 Å². The molecule has 31 heavy (non-hydrogen) atoms. The van der Waals surface area contributed by atoms with Gasteiger partial charge in [-0.15, -0.1) is 0 Å². The van der Waals surface area contributed by atoms with Gasteiger partial charge in [-0.25, -0.2) is 4.18 Å². The molecule has 3 aromatic carbocycles. The maximum Gasteiger partial charge on any atom is 0.437 e. The SMILES string of the molecule is Cc1ccc(S(=O)(=O)O[C@](N[C@H](C)c2ccccc2)(c2ccccc2)C(F)(F)F)cc1. The van der Waals surface area contributed by atoms with E-state index in [2.05, 4.69) is 5.32 Å². The number of halogens is 3. The topological polar surface area (TPSA) is 55.4 Å². The molecule has 0 spiro atoms. The van der Waals surface area contributed by atoms with Gasteiger partial charge < -0.3 is 0 Å². The lowest BCUT2D eigenvalue weighted by Crippen LogP contribution is -2.57. The van der Waals surface area contributed by atoms with Crippen LogP contribution < -0.4 is 5.32 Å². The fourth-order valence-electron chi connectivity index (χ4n) is 3.17. The van der Waals surface area contributed by atoms with Gasteiger partial charge in [0, 0.05) is 11.6 Å². The van der Waals surface area contributed by atoms with Crippen LogP contribution >= 0.6 is 0 Å². The van der Waals surface area contributed by atoms with Gasteiger partial charge in [0.1, 0.15) is 0 Å². The van der Waals surface area contributed by atoms with Crippen molar-refractivity contribution in [3.63, 3.8) is 0 Å². The summed E-state index contributed by atoms with van der Waals surface area (Å²) >= 11 is 0. The molecule has 0 aliphatic carbocycles. The molecule has 1 N–H and O–H groups in total. The van der Waals surface area contributed by atoms with Crippen molar-refractivity contribution >= 4 is 10.1 Å². The molecule has 8 heteroatoms. The highest BCUT2D eigenvalue weighted by Crippen LogP contribution is 2.44. The lowest BCUT2D eigenvalue weighted by Gasteiger charge is -2.38. The lowest BCUT2D eigenvalue weighted by molar-refractivity contribution is -0.269. The van der Waals surface area contributed by atoms with Gasteiger partial charge in [-0.1, -0.05) is 78.4 Å². The Hall–Kier alpha value is -2.68. The molecule has 3 rings (SSSR count). The number of aryl methyl sites for hydroxylation is 1. The summed E-state index contributed by atoms with van der Waals surface area (Å²) in [7, 11) is -4.78. The second-order valence-corrected chi connectivity index (χ2v) is 8.72. The van der Waals surface area contributed by atoms with E-state index in [1.54, 1.807) is 43.3 Å². The predicted octanol–water partition coefficient (Wildman–Crippen LogP) is 5.47. The molecule has 0 aromatic heterocycles. The van der Waals surface area contributed by atoms with Crippen molar-refractivity contribution in [1.29, 1.82) is 0 Å². The summed E-state index contributed by atoms with van der Waals surface area (Å²) in [6, 6.07) is 19.7. The standard InChI is InChI=1S/C23H22F3NO3S/c1-17-13-15-21(16-14-17)31(28,29)30-22(23(24,25)26,20-11-7-4-8-12-20)27-18(2)19-9-5-3-6-10-19/h3-16,18,27H,1-2H3/t18-,22-/m1/s1. The highest BCUT2D eigenvalue weighted by Gasteiger charge is 2.61. The van der Waals surface area contributed by atoms with Gasteiger partial charge in [0.15, 0.2) is 0 Å². The van der Waals surface area contributed by atoms with Gasteiger partial charge >= 0.3 is 6.18 Å². The summed E-state index contributed by atoms with van der Waals surface area (Å²) in [5.74, 6) is 0. The molecular formula is C23H22F3NO3S. The number of hydrogen-bond acceptors (Lipinski definition) is 4. The first-order chi connectivity index (χ1) is 14.6. The van der Waals surface area contributed by atoms with Gasteiger partial charge in [0.05, 0.1) is 4.90 Å². The number of nitrogens with one attached hydrogen (secondary N) is 1. The first-order valence-electron chi connectivity index (χ1n) is 9.52. The van der Waals surface area contributed by atoms with Crippen molar-refractivity contribution in [2.45, 2.75) is 36.7 Å². The van der Waals surface area contributed by atoms with E-state index in [0.717, 1.165) is 5.56 Å². The summed E-state index contributed by atoms with van der Waals surface area (Å²) < 4.78 is 74.7. The minimum Gasteiger partial charge on any atom is -0.270 e. The van der Waals surface area contributed by atoms with Crippen molar-refractivity contribution in [3.05, 3.63) is 102 Å². The summed E-state index contributed by atoms with van der Waals surface area (Å²) in [5.41, 5.74) is -2.36. The van der Waals surface area contributed by atoms with Crippen LogP contribution in [-0.4, -0.2) is 14.6 Å². The minimum atomic E-state index is -5.10. The van der Waals surface area contributed by atoms with Gasteiger partial charge in [0.25, 0.3) is 15.8 Å². The molecule has 0 saturated heterocycles. The monoisotopic (exact) mass is 449 g/mol. The molecule has 0 bridgehead atoms. The molecule has 4 nitrogen and oxygen atoms in total. The van der Waals surface area contributed by atoms with E-state index < -0.39 is 28.1 Å². The van der Waals surface area contributed by atoms with Crippen LogP contribution in [0.2, 0.25) is 0 Å². The van der Waals surface area contributed by atoms with Crippen LogP contribution in [0.3, 0.4) is 0 Å². The Morgan fingerprint density at radius 3 is 1.87 bits per heavy atom. The average molecular weight is 449 g/mol. The smallest absolute Gasteiger partial charge is 0.270 e. The zero-order valence-electron chi connectivity index (χ0n) is 16.9. The first-order valence-corrected chi connectivity index (χ1v) is 10.9. The molecule has 3 aromatic rings. The van der Waals surface area contributed by atoms with Crippen molar-refractivity contribution in [1.82, 2.24) is 5.32 Å².